The van der Waals surface area contributed by atoms with Gasteiger partial charge in [0.25, 0.3) is 0 Å². The van der Waals surface area contributed by atoms with Gasteiger partial charge in [-0.15, -0.1) is 0 Å². The molecule has 0 heterocycles. The third-order valence-corrected chi connectivity index (χ3v) is 0.839. The second kappa shape index (κ2) is 2.87. The Balaban J connectivity index is 4.23. The fourth-order valence-electron chi connectivity index (χ4n) is 0.249. The van der Waals surface area contributed by atoms with E-state index in [2.05, 4.69) is 0 Å². The summed E-state index contributed by atoms with van der Waals surface area (Å²) in [6.07, 6.45) is -3.04. The summed E-state index contributed by atoms with van der Waals surface area (Å²) in [6.45, 7) is -1.50. The number of hydrogen-bond acceptors (Lipinski definition) is 2. The molecule has 10 heavy (non-hydrogen) atoms. The van der Waals surface area contributed by atoms with Crippen molar-refractivity contribution in [2.75, 3.05) is 6.61 Å². The normalized spacial score (nSPS) is 14.8. The molecule has 6 heteroatoms. The molecule has 0 rings (SSSR count). The Bertz CT molecular complexity index is 136. The first-order valence-corrected chi connectivity index (χ1v) is 2.29. The van der Waals surface area contributed by atoms with Crippen LogP contribution in [0.1, 0.15) is 0 Å². The molecule has 0 fully saturated rings. The van der Waals surface area contributed by atoms with Gasteiger partial charge in [-0.25, -0.2) is 9.18 Å². The zero-order chi connectivity index (χ0) is 8.36. The Hall–Kier alpha value is -0.780. The van der Waals surface area contributed by atoms with E-state index in [-0.39, 0.29) is 0 Å². The van der Waals surface area contributed by atoms with E-state index in [0.717, 1.165) is 0 Å². The lowest BCUT2D eigenvalue weighted by Crippen LogP contribution is -2.40. The number of carbonyl (C=O) groups is 1. The van der Waals surface area contributed by atoms with Crippen LogP contribution in [0.5, 0.6) is 0 Å². The van der Waals surface area contributed by atoms with Crippen LogP contribution >= 0.6 is 0 Å². The molecular weight excluding hydrogens is 153 g/mol. The smallest absolute Gasteiger partial charge is 0.377 e. The van der Waals surface area contributed by atoms with Gasteiger partial charge in [0.15, 0.2) is 6.17 Å². The van der Waals surface area contributed by atoms with Crippen molar-refractivity contribution >= 4 is 5.97 Å². The standard InChI is InChI=1S/C4H5F3O3/c5-2(1-8)4(6,7)3(9)10/h2,8H,1H2,(H,9,10). The van der Waals surface area contributed by atoms with Crippen molar-refractivity contribution in [3.05, 3.63) is 0 Å². The number of hydrogen-bond donors (Lipinski definition) is 2. The minimum absolute atomic E-state index is 1.50. The highest BCUT2D eigenvalue weighted by atomic mass is 19.3. The highest BCUT2D eigenvalue weighted by Crippen LogP contribution is 2.20. The third kappa shape index (κ3) is 1.60. The van der Waals surface area contributed by atoms with E-state index in [1.165, 1.54) is 0 Å². The Morgan fingerprint density at radius 1 is 1.60 bits per heavy atom. The molecule has 3 nitrogen and oxygen atoms in total. The molecule has 0 amide bonds. The summed E-state index contributed by atoms with van der Waals surface area (Å²) in [5.74, 6) is -7.07. The molecule has 0 aliphatic heterocycles. The highest BCUT2D eigenvalue weighted by molar-refractivity contribution is 5.76. The topological polar surface area (TPSA) is 57.5 Å². The second-order valence-electron chi connectivity index (χ2n) is 1.58. The van der Waals surface area contributed by atoms with E-state index < -0.39 is 24.7 Å². The van der Waals surface area contributed by atoms with Gasteiger partial charge >= 0.3 is 11.9 Å². The number of aliphatic hydroxyl groups is 1. The molecule has 0 radical (unpaired) electrons. The van der Waals surface area contributed by atoms with Gasteiger partial charge < -0.3 is 10.2 Å². The maximum Gasteiger partial charge on any atom is 0.377 e. The van der Waals surface area contributed by atoms with E-state index in [0.29, 0.717) is 0 Å². The first-order chi connectivity index (χ1) is 4.42. The molecule has 1 unspecified atom stereocenters. The summed E-state index contributed by atoms with van der Waals surface area (Å²) in [7, 11) is 0. The monoisotopic (exact) mass is 158 g/mol. The predicted octanol–water partition coefficient (Wildman–Crippen LogP) is 0.0367. The van der Waals surface area contributed by atoms with Crippen molar-refractivity contribution in [3.63, 3.8) is 0 Å². The first-order valence-electron chi connectivity index (χ1n) is 2.29. The van der Waals surface area contributed by atoms with E-state index >= 15 is 0 Å². The van der Waals surface area contributed by atoms with Gasteiger partial charge in [-0.3, -0.25) is 0 Å². The van der Waals surface area contributed by atoms with Crippen LogP contribution in [0.2, 0.25) is 0 Å². The zero-order valence-corrected chi connectivity index (χ0v) is 4.72. The molecule has 0 aromatic rings. The number of aliphatic hydroxyl groups excluding tert-OH is 1. The summed E-state index contributed by atoms with van der Waals surface area (Å²) < 4.78 is 35.4. The Kier molecular flexibility index (Phi) is 2.65. The van der Waals surface area contributed by atoms with Crippen molar-refractivity contribution in [3.8, 4) is 0 Å². The fraction of sp³-hybridized carbons (Fsp3) is 0.750. The predicted molar refractivity (Wildman–Crippen MR) is 24.6 cm³/mol. The van der Waals surface area contributed by atoms with Gasteiger partial charge in [-0.2, -0.15) is 8.78 Å². The quantitative estimate of drug-likeness (QED) is 0.609. The average molecular weight is 158 g/mol. The average Bonchev–Trinajstić information content (AvgIpc) is 1.86. The van der Waals surface area contributed by atoms with E-state index in [4.69, 9.17) is 10.2 Å². The van der Waals surface area contributed by atoms with Gasteiger partial charge in [0.05, 0.1) is 6.61 Å². The summed E-state index contributed by atoms with van der Waals surface area (Å²) in [5.41, 5.74) is 0. The molecule has 2 N–H and O–H groups in total. The van der Waals surface area contributed by atoms with E-state index in [1.807, 2.05) is 0 Å². The summed E-state index contributed by atoms with van der Waals surface area (Å²) in [5, 5.41) is 15.4. The minimum Gasteiger partial charge on any atom is -0.477 e. The summed E-state index contributed by atoms with van der Waals surface area (Å²) in [6, 6.07) is 0. The molecule has 60 valence electrons. The minimum atomic E-state index is -4.49. The van der Waals surface area contributed by atoms with Crippen LogP contribution in [0.4, 0.5) is 13.2 Å². The number of carboxylic acids is 1. The van der Waals surface area contributed by atoms with Gasteiger partial charge in [0.1, 0.15) is 0 Å². The highest BCUT2D eigenvalue weighted by Gasteiger charge is 2.47. The van der Waals surface area contributed by atoms with Crippen molar-refractivity contribution in [2.45, 2.75) is 12.1 Å². The maximum absolute atomic E-state index is 11.8. The van der Waals surface area contributed by atoms with Crippen LogP contribution in [0, 0.1) is 0 Å². The second-order valence-corrected chi connectivity index (χ2v) is 1.58. The number of halogens is 3. The van der Waals surface area contributed by atoms with Crippen LogP contribution < -0.4 is 0 Å². The lowest BCUT2D eigenvalue weighted by Gasteiger charge is -2.12. The molecule has 0 saturated carbocycles. The number of rotatable bonds is 3. The molecule has 0 aliphatic rings. The van der Waals surface area contributed by atoms with Crippen LogP contribution in [0.15, 0.2) is 0 Å². The number of aliphatic carboxylic acids is 1. The molecule has 0 saturated heterocycles. The zero-order valence-electron chi connectivity index (χ0n) is 4.72. The largest absolute Gasteiger partial charge is 0.477 e. The molecule has 0 bridgehead atoms. The molecule has 0 aliphatic carbocycles. The Morgan fingerprint density at radius 2 is 2.00 bits per heavy atom. The van der Waals surface area contributed by atoms with Crippen molar-refractivity contribution in [1.29, 1.82) is 0 Å². The molecular formula is C4H5F3O3. The molecule has 0 spiro atoms. The van der Waals surface area contributed by atoms with Gasteiger partial charge in [-0.1, -0.05) is 0 Å². The van der Waals surface area contributed by atoms with Gasteiger partial charge in [0, 0.05) is 0 Å². The summed E-state index contributed by atoms with van der Waals surface area (Å²) >= 11 is 0. The number of carboxylic acid groups (broad SMARTS) is 1. The van der Waals surface area contributed by atoms with E-state index in [9.17, 15) is 18.0 Å². The van der Waals surface area contributed by atoms with Crippen molar-refractivity contribution < 1.29 is 28.2 Å². The fourth-order valence-corrected chi connectivity index (χ4v) is 0.249. The van der Waals surface area contributed by atoms with Crippen LogP contribution in [-0.2, 0) is 4.79 Å². The molecule has 0 aromatic heterocycles. The molecule has 0 aromatic carbocycles. The Morgan fingerprint density at radius 3 is 2.10 bits per heavy atom. The van der Waals surface area contributed by atoms with Crippen LogP contribution in [0.3, 0.4) is 0 Å². The first kappa shape index (κ1) is 9.22. The van der Waals surface area contributed by atoms with Crippen LogP contribution in [0.25, 0.3) is 0 Å². The molecule has 1 atom stereocenters. The van der Waals surface area contributed by atoms with Crippen molar-refractivity contribution in [2.24, 2.45) is 0 Å². The van der Waals surface area contributed by atoms with Crippen molar-refractivity contribution in [1.82, 2.24) is 0 Å². The van der Waals surface area contributed by atoms with E-state index in [1.54, 1.807) is 0 Å². The Labute approximate surface area is 54.1 Å². The maximum atomic E-state index is 11.8. The van der Waals surface area contributed by atoms with Gasteiger partial charge in [0.2, 0.25) is 0 Å². The lowest BCUT2D eigenvalue weighted by atomic mass is 10.2. The summed E-state index contributed by atoms with van der Waals surface area (Å²) in [4.78, 5) is 9.52. The number of alkyl halides is 3. The van der Waals surface area contributed by atoms with Crippen LogP contribution in [-0.4, -0.2) is 34.9 Å². The lowest BCUT2D eigenvalue weighted by molar-refractivity contribution is -0.177. The SMILES string of the molecule is O=C(O)C(F)(F)C(F)CO. The third-order valence-electron chi connectivity index (χ3n) is 0.839. The van der Waals surface area contributed by atoms with Gasteiger partial charge in [-0.05, 0) is 0 Å².